The molecular formula is C14H16N2O3S. The van der Waals surface area contributed by atoms with Crippen molar-refractivity contribution in [3.63, 3.8) is 0 Å². The molecule has 0 aliphatic carbocycles. The molecular weight excluding hydrogens is 276 g/mol. The summed E-state index contributed by atoms with van der Waals surface area (Å²) >= 11 is 1.36. The maximum absolute atomic E-state index is 5.41. The number of ether oxygens (including phenoxy) is 3. The maximum Gasteiger partial charge on any atom is 0.203 e. The SMILES string of the molecule is COc1ccc(C=Cc2nc(C)ns2)c(OC)c1OC. The highest BCUT2D eigenvalue weighted by Gasteiger charge is 2.14. The number of aromatic nitrogens is 2. The van der Waals surface area contributed by atoms with Crippen LogP contribution in [0.1, 0.15) is 16.4 Å². The van der Waals surface area contributed by atoms with Gasteiger partial charge in [0.2, 0.25) is 5.75 Å². The number of rotatable bonds is 5. The fraction of sp³-hybridized carbons (Fsp3) is 0.286. The van der Waals surface area contributed by atoms with Gasteiger partial charge in [-0.1, -0.05) is 0 Å². The Labute approximate surface area is 122 Å². The van der Waals surface area contributed by atoms with Crippen LogP contribution in [0.5, 0.6) is 17.2 Å². The Morgan fingerprint density at radius 1 is 1.00 bits per heavy atom. The third-order valence-corrected chi connectivity index (χ3v) is 3.45. The molecule has 0 spiro atoms. The zero-order valence-electron chi connectivity index (χ0n) is 11.8. The fourth-order valence-electron chi connectivity index (χ4n) is 1.80. The molecule has 0 saturated heterocycles. The molecule has 0 bridgehead atoms. The molecule has 1 heterocycles. The van der Waals surface area contributed by atoms with Crippen LogP contribution in [-0.4, -0.2) is 30.7 Å². The van der Waals surface area contributed by atoms with E-state index in [1.54, 1.807) is 21.3 Å². The summed E-state index contributed by atoms with van der Waals surface area (Å²) in [4.78, 5) is 4.28. The molecule has 1 aromatic carbocycles. The molecule has 0 atom stereocenters. The van der Waals surface area contributed by atoms with Crippen LogP contribution in [0.2, 0.25) is 0 Å². The smallest absolute Gasteiger partial charge is 0.203 e. The van der Waals surface area contributed by atoms with Crippen molar-refractivity contribution in [1.29, 1.82) is 0 Å². The minimum absolute atomic E-state index is 0.575. The second-order valence-electron chi connectivity index (χ2n) is 3.94. The molecule has 1 aromatic heterocycles. The van der Waals surface area contributed by atoms with E-state index in [1.165, 1.54) is 11.5 Å². The van der Waals surface area contributed by atoms with Crippen molar-refractivity contribution >= 4 is 23.7 Å². The van der Waals surface area contributed by atoms with Crippen LogP contribution in [0.3, 0.4) is 0 Å². The Balaban J connectivity index is 2.38. The van der Waals surface area contributed by atoms with Crippen LogP contribution in [-0.2, 0) is 0 Å². The van der Waals surface area contributed by atoms with Gasteiger partial charge in [0, 0.05) is 5.56 Å². The van der Waals surface area contributed by atoms with Crippen molar-refractivity contribution in [3.8, 4) is 17.2 Å². The molecule has 0 unspecified atom stereocenters. The highest BCUT2D eigenvalue weighted by molar-refractivity contribution is 7.06. The molecule has 2 aromatic rings. The normalized spacial score (nSPS) is 10.8. The Morgan fingerprint density at radius 3 is 2.30 bits per heavy atom. The topological polar surface area (TPSA) is 53.5 Å². The summed E-state index contributed by atoms with van der Waals surface area (Å²) in [5.41, 5.74) is 0.887. The first kappa shape index (κ1) is 14.3. The third kappa shape index (κ3) is 2.91. The lowest BCUT2D eigenvalue weighted by atomic mass is 10.1. The monoisotopic (exact) mass is 292 g/mol. The molecule has 0 radical (unpaired) electrons. The first-order chi connectivity index (χ1) is 9.69. The van der Waals surface area contributed by atoms with E-state index in [1.807, 2.05) is 31.2 Å². The van der Waals surface area contributed by atoms with Crippen molar-refractivity contribution in [1.82, 2.24) is 9.36 Å². The standard InChI is InChI=1S/C14H16N2O3S/c1-9-15-12(20-16-9)8-6-10-5-7-11(17-2)14(19-4)13(10)18-3/h5-8H,1-4H3. The minimum Gasteiger partial charge on any atom is -0.493 e. The largest absolute Gasteiger partial charge is 0.493 e. The van der Waals surface area contributed by atoms with E-state index in [-0.39, 0.29) is 0 Å². The van der Waals surface area contributed by atoms with E-state index in [4.69, 9.17) is 14.2 Å². The molecule has 2 rings (SSSR count). The van der Waals surface area contributed by atoms with Crippen molar-refractivity contribution in [2.75, 3.05) is 21.3 Å². The average molecular weight is 292 g/mol. The molecule has 106 valence electrons. The maximum atomic E-state index is 5.41. The van der Waals surface area contributed by atoms with Gasteiger partial charge in [0.25, 0.3) is 0 Å². The third-order valence-electron chi connectivity index (χ3n) is 2.68. The van der Waals surface area contributed by atoms with Crippen molar-refractivity contribution in [3.05, 3.63) is 28.5 Å². The van der Waals surface area contributed by atoms with Gasteiger partial charge in [-0.15, -0.1) is 0 Å². The molecule has 20 heavy (non-hydrogen) atoms. The minimum atomic E-state index is 0.575. The summed E-state index contributed by atoms with van der Waals surface area (Å²) in [6, 6.07) is 3.75. The van der Waals surface area contributed by atoms with Gasteiger partial charge < -0.3 is 14.2 Å². The Morgan fingerprint density at radius 2 is 1.75 bits per heavy atom. The highest BCUT2D eigenvalue weighted by Crippen LogP contribution is 2.40. The van der Waals surface area contributed by atoms with Gasteiger partial charge in [-0.25, -0.2) is 4.98 Å². The van der Waals surface area contributed by atoms with E-state index in [2.05, 4.69) is 9.36 Å². The molecule has 0 aliphatic heterocycles. The summed E-state index contributed by atoms with van der Waals surface area (Å²) in [5, 5.41) is 0.847. The Kier molecular flexibility index (Phi) is 4.57. The molecule has 0 fully saturated rings. The van der Waals surface area contributed by atoms with Crippen LogP contribution in [0.4, 0.5) is 0 Å². The summed E-state index contributed by atoms with van der Waals surface area (Å²) in [6.45, 7) is 1.87. The van der Waals surface area contributed by atoms with Gasteiger partial charge in [0.05, 0.1) is 21.3 Å². The first-order valence-corrected chi connectivity index (χ1v) is 6.74. The van der Waals surface area contributed by atoms with Crippen LogP contribution in [0.15, 0.2) is 12.1 Å². The number of methoxy groups -OCH3 is 3. The van der Waals surface area contributed by atoms with Gasteiger partial charge in [0.1, 0.15) is 10.8 Å². The van der Waals surface area contributed by atoms with Crippen molar-refractivity contribution < 1.29 is 14.2 Å². The van der Waals surface area contributed by atoms with Gasteiger partial charge >= 0.3 is 0 Å². The lowest BCUT2D eigenvalue weighted by Gasteiger charge is -2.13. The van der Waals surface area contributed by atoms with Crippen LogP contribution in [0.25, 0.3) is 12.2 Å². The Hall–Kier alpha value is -2.08. The van der Waals surface area contributed by atoms with Crippen molar-refractivity contribution in [2.24, 2.45) is 0 Å². The lowest BCUT2D eigenvalue weighted by molar-refractivity contribution is 0.324. The summed E-state index contributed by atoms with van der Waals surface area (Å²) in [7, 11) is 4.78. The van der Waals surface area contributed by atoms with Gasteiger partial charge in [-0.05, 0) is 42.7 Å². The predicted molar refractivity (Wildman–Crippen MR) is 79.7 cm³/mol. The van der Waals surface area contributed by atoms with E-state index in [9.17, 15) is 0 Å². The number of hydrogen-bond donors (Lipinski definition) is 0. The quantitative estimate of drug-likeness (QED) is 0.847. The first-order valence-electron chi connectivity index (χ1n) is 5.97. The molecule has 0 saturated carbocycles. The van der Waals surface area contributed by atoms with E-state index in [0.29, 0.717) is 17.2 Å². The number of hydrogen-bond acceptors (Lipinski definition) is 6. The van der Waals surface area contributed by atoms with E-state index in [0.717, 1.165) is 16.4 Å². The zero-order chi connectivity index (χ0) is 14.5. The zero-order valence-corrected chi connectivity index (χ0v) is 12.7. The van der Waals surface area contributed by atoms with Gasteiger partial charge in [0.15, 0.2) is 11.5 Å². The summed E-state index contributed by atoms with van der Waals surface area (Å²) in [6.07, 6.45) is 3.81. The highest BCUT2D eigenvalue weighted by atomic mass is 32.1. The fourth-order valence-corrected chi connectivity index (χ4v) is 2.37. The molecule has 0 aliphatic rings. The van der Waals surface area contributed by atoms with E-state index >= 15 is 0 Å². The second-order valence-corrected chi connectivity index (χ2v) is 4.72. The second kappa shape index (κ2) is 6.38. The van der Waals surface area contributed by atoms with Gasteiger partial charge in [-0.3, -0.25) is 0 Å². The van der Waals surface area contributed by atoms with E-state index < -0.39 is 0 Å². The molecule has 0 amide bonds. The number of aryl methyl sites for hydroxylation is 1. The molecule has 0 N–H and O–H groups in total. The van der Waals surface area contributed by atoms with Gasteiger partial charge in [-0.2, -0.15) is 4.37 Å². The number of nitrogens with zero attached hydrogens (tertiary/aromatic N) is 2. The van der Waals surface area contributed by atoms with Crippen molar-refractivity contribution in [2.45, 2.75) is 6.92 Å². The predicted octanol–water partition coefficient (Wildman–Crippen LogP) is 3.04. The van der Waals surface area contributed by atoms with Crippen LogP contribution < -0.4 is 14.2 Å². The van der Waals surface area contributed by atoms with Crippen LogP contribution >= 0.6 is 11.5 Å². The molecule has 6 heteroatoms. The average Bonchev–Trinajstić information content (AvgIpc) is 2.89. The lowest BCUT2D eigenvalue weighted by Crippen LogP contribution is -1.96. The Bertz CT molecular complexity index is 623. The molecule has 5 nitrogen and oxygen atoms in total. The summed E-state index contributed by atoms with van der Waals surface area (Å²) < 4.78 is 20.1. The number of benzene rings is 1. The summed E-state index contributed by atoms with van der Waals surface area (Å²) in [5.74, 6) is 2.61. The van der Waals surface area contributed by atoms with Crippen LogP contribution in [0, 0.1) is 6.92 Å².